The van der Waals surface area contributed by atoms with Crippen LogP contribution in [0, 0.1) is 10.8 Å². The number of hydrogen-bond acceptors (Lipinski definition) is 3. The van der Waals surface area contributed by atoms with Crippen molar-refractivity contribution in [3.63, 3.8) is 0 Å². The summed E-state index contributed by atoms with van der Waals surface area (Å²) in [5.74, 6) is 0.135. The number of Topliss-reactive ketones (excluding diaryl/α,β-unsaturated/α-hetero) is 3. The van der Waals surface area contributed by atoms with Gasteiger partial charge in [-0.1, -0.05) is 20.8 Å². The Labute approximate surface area is 103 Å². The second-order valence-corrected chi connectivity index (χ2v) is 6.21. The molecule has 1 aliphatic carbocycles. The lowest BCUT2D eigenvalue weighted by atomic mass is 9.69. The fraction of sp³-hybridized carbons (Fsp3) is 0.786. The van der Waals surface area contributed by atoms with Crippen molar-refractivity contribution in [1.29, 1.82) is 0 Å². The quantitative estimate of drug-likeness (QED) is 0.710. The summed E-state index contributed by atoms with van der Waals surface area (Å²) in [6.45, 7) is 7.29. The molecule has 1 rings (SSSR count). The van der Waals surface area contributed by atoms with Gasteiger partial charge >= 0.3 is 0 Å². The predicted octanol–water partition coefficient (Wildman–Crippen LogP) is 2.71. The molecule has 3 nitrogen and oxygen atoms in total. The first-order valence-electron chi connectivity index (χ1n) is 6.28. The molecular formula is C14H22O3. The second kappa shape index (κ2) is 4.71. The summed E-state index contributed by atoms with van der Waals surface area (Å²) in [4.78, 5) is 35.6. The first-order chi connectivity index (χ1) is 7.68. The Morgan fingerprint density at radius 1 is 1.18 bits per heavy atom. The van der Waals surface area contributed by atoms with E-state index in [2.05, 4.69) is 0 Å². The zero-order valence-electron chi connectivity index (χ0n) is 11.3. The van der Waals surface area contributed by atoms with Gasteiger partial charge in [0.2, 0.25) is 0 Å². The van der Waals surface area contributed by atoms with Crippen molar-refractivity contribution in [3.8, 4) is 0 Å². The van der Waals surface area contributed by atoms with Gasteiger partial charge in [-0.05, 0) is 19.8 Å². The van der Waals surface area contributed by atoms with Gasteiger partial charge in [0.25, 0.3) is 0 Å². The third-order valence-electron chi connectivity index (χ3n) is 3.73. The van der Waals surface area contributed by atoms with Crippen molar-refractivity contribution in [1.82, 2.24) is 0 Å². The van der Waals surface area contributed by atoms with Crippen LogP contribution in [-0.4, -0.2) is 17.3 Å². The van der Waals surface area contributed by atoms with E-state index in [1.807, 2.05) is 20.8 Å². The summed E-state index contributed by atoms with van der Waals surface area (Å²) in [5.41, 5.74) is -1.30. The molecule has 0 atom stereocenters. The zero-order chi connectivity index (χ0) is 13.3. The standard InChI is InChI=1S/C14H22O3/c1-13(2,3)10(15)8-9-14(4)11(16)6-5-7-12(14)17/h5-9H2,1-4H3. The Balaban J connectivity index is 2.69. The number of carbonyl (C=O) groups excluding carboxylic acids is 3. The minimum absolute atomic E-state index is 0.00968. The van der Waals surface area contributed by atoms with E-state index in [4.69, 9.17) is 0 Å². The molecule has 0 amide bonds. The number of carbonyl (C=O) groups is 3. The molecule has 0 spiro atoms. The maximum Gasteiger partial charge on any atom is 0.146 e. The van der Waals surface area contributed by atoms with Crippen LogP contribution in [0.1, 0.15) is 59.8 Å². The summed E-state index contributed by atoms with van der Waals surface area (Å²) in [6.07, 6.45) is 2.32. The van der Waals surface area contributed by atoms with Crippen LogP contribution < -0.4 is 0 Å². The molecule has 1 saturated carbocycles. The fourth-order valence-corrected chi connectivity index (χ4v) is 2.13. The molecule has 0 radical (unpaired) electrons. The lowest BCUT2D eigenvalue weighted by molar-refractivity contribution is -0.143. The molecule has 0 unspecified atom stereocenters. The highest BCUT2D eigenvalue weighted by molar-refractivity contribution is 6.08. The molecule has 0 saturated heterocycles. The number of rotatable bonds is 3. The Morgan fingerprint density at radius 2 is 1.65 bits per heavy atom. The summed E-state index contributed by atoms with van der Waals surface area (Å²) < 4.78 is 0. The maximum absolute atomic E-state index is 11.9. The Hall–Kier alpha value is -0.990. The van der Waals surface area contributed by atoms with E-state index in [1.54, 1.807) is 6.92 Å². The third-order valence-corrected chi connectivity index (χ3v) is 3.73. The van der Waals surface area contributed by atoms with Crippen LogP contribution in [0.2, 0.25) is 0 Å². The number of hydrogen-bond donors (Lipinski definition) is 0. The molecular weight excluding hydrogens is 216 g/mol. The minimum Gasteiger partial charge on any atom is -0.299 e. The fourth-order valence-electron chi connectivity index (χ4n) is 2.13. The largest absolute Gasteiger partial charge is 0.299 e. The second-order valence-electron chi connectivity index (χ2n) is 6.21. The zero-order valence-corrected chi connectivity index (χ0v) is 11.3. The van der Waals surface area contributed by atoms with E-state index in [0.29, 0.717) is 32.1 Å². The van der Waals surface area contributed by atoms with Gasteiger partial charge in [-0.15, -0.1) is 0 Å². The highest BCUT2D eigenvalue weighted by Crippen LogP contribution is 2.35. The van der Waals surface area contributed by atoms with Gasteiger partial charge in [-0.3, -0.25) is 14.4 Å². The molecule has 96 valence electrons. The molecule has 0 aliphatic heterocycles. The van der Waals surface area contributed by atoms with Gasteiger partial charge in [0.1, 0.15) is 17.3 Å². The molecule has 1 fully saturated rings. The van der Waals surface area contributed by atoms with Crippen molar-refractivity contribution in [2.75, 3.05) is 0 Å². The van der Waals surface area contributed by atoms with Crippen LogP contribution >= 0.6 is 0 Å². The molecule has 0 aromatic carbocycles. The average Bonchev–Trinajstić information content (AvgIpc) is 2.21. The van der Waals surface area contributed by atoms with Crippen LogP contribution in [0.3, 0.4) is 0 Å². The average molecular weight is 238 g/mol. The lowest BCUT2D eigenvalue weighted by Crippen LogP contribution is -2.40. The molecule has 0 heterocycles. The van der Waals surface area contributed by atoms with Crippen LogP contribution in [0.5, 0.6) is 0 Å². The summed E-state index contributed by atoms with van der Waals surface area (Å²) >= 11 is 0. The molecule has 0 aromatic rings. The van der Waals surface area contributed by atoms with Gasteiger partial charge in [0.15, 0.2) is 0 Å². The van der Waals surface area contributed by atoms with Crippen molar-refractivity contribution in [3.05, 3.63) is 0 Å². The molecule has 0 N–H and O–H groups in total. The van der Waals surface area contributed by atoms with Gasteiger partial charge < -0.3 is 0 Å². The van der Waals surface area contributed by atoms with E-state index in [-0.39, 0.29) is 17.3 Å². The normalized spacial score (nSPS) is 20.5. The first-order valence-corrected chi connectivity index (χ1v) is 6.28. The van der Waals surface area contributed by atoms with Crippen LogP contribution in [0.4, 0.5) is 0 Å². The highest BCUT2D eigenvalue weighted by Gasteiger charge is 2.42. The smallest absolute Gasteiger partial charge is 0.146 e. The summed E-state index contributed by atoms with van der Waals surface area (Å²) in [5, 5.41) is 0. The monoisotopic (exact) mass is 238 g/mol. The van der Waals surface area contributed by atoms with Crippen molar-refractivity contribution in [2.45, 2.75) is 59.8 Å². The lowest BCUT2D eigenvalue weighted by Gasteiger charge is -2.31. The van der Waals surface area contributed by atoms with Crippen LogP contribution in [0.15, 0.2) is 0 Å². The Morgan fingerprint density at radius 3 is 2.06 bits per heavy atom. The van der Waals surface area contributed by atoms with Crippen LogP contribution in [0.25, 0.3) is 0 Å². The first kappa shape index (κ1) is 14.1. The van der Waals surface area contributed by atoms with Gasteiger partial charge in [0.05, 0.1) is 5.41 Å². The van der Waals surface area contributed by atoms with Crippen LogP contribution in [-0.2, 0) is 14.4 Å². The Kier molecular flexibility index (Phi) is 3.90. The summed E-state index contributed by atoms with van der Waals surface area (Å²) in [7, 11) is 0. The molecule has 1 aliphatic rings. The molecule has 3 heteroatoms. The predicted molar refractivity (Wildman–Crippen MR) is 65.7 cm³/mol. The van der Waals surface area contributed by atoms with Crippen molar-refractivity contribution < 1.29 is 14.4 Å². The number of ketones is 3. The van der Waals surface area contributed by atoms with Crippen molar-refractivity contribution >= 4 is 17.3 Å². The third kappa shape index (κ3) is 3.02. The van der Waals surface area contributed by atoms with Gasteiger partial charge in [-0.25, -0.2) is 0 Å². The van der Waals surface area contributed by atoms with Gasteiger partial charge in [-0.2, -0.15) is 0 Å². The van der Waals surface area contributed by atoms with E-state index >= 15 is 0 Å². The van der Waals surface area contributed by atoms with Gasteiger partial charge in [0, 0.05) is 24.7 Å². The topological polar surface area (TPSA) is 51.2 Å². The molecule has 0 bridgehead atoms. The van der Waals surface area contributed by atoms with E-state index in [9.17, 15) is 14.4 Å². The Bertz CT molecular complexity index is 331. The van der Waals surface area contributed by atoms with E-state index in [0.717, 1.165) is 0 Å². The maximum atomic E-state index is 11.9. The van der Waals surface area contributed by atoms with E-state index < -0.39 is 10.8 Å². The molecule has 0 aromatic heterocycles. The van der Waals surface area contributed by atoms with E-state index in [1.165, 1.54) is 0 Å². The highest BCUT2D eigenvalue weighted by atomic mass is 16.2. The molecule has 17 heavy (non-hydrogen) atoms. The summed E-state index contributed by atoms with van der Waals surface area (Å²) in [6, 6.07) is 0. The van der Waals surface area contributed by atoms with Crippen molar-refractivity contribution in [2.24, 2.45) is 10.8 Å². The SMILES string of the molecule is CC(C)(C)C(=O)CCC1(C)C(=O)CCCC1=O. The minimum atomic E-state index is -0.904.